The van der Waals surface area contributed by atoms with Crippen LogP contribution in [-0.4, -0.2) is 56.4 Å². The van der Waals surface area contributed by atoms with Crippen molar-refractivity contribution in [3.05, 3.63) is 23.5 Å². The van der Waals surface area contributed by atoms with Gasteiger partial charge in [0, 0.05) is 17.9 Å². The molecule has 3 aliphatic rings. The molecule has 128 valence electrons. The number of rotatable bonds is 3. The number of carbonyl (C=O) groups is 2. The van der Waals surface area contributed by atoms with Crippen molar-refractivity contribution in [3.63, 3.8) is 0 Å². The minimum atomic E-state index is -1.36. The van der Waals surface area contributed by atoms with Crippen molar-refractivity contribution < 1.29 is 24.5 Å². The van der Waals surface area contributed by atoms with Gasteiger partial charge in [-0.05, 0) is 0 Å². The van der Waals surface area contributed by atoms with Gasteiger partial charge < -0.3 is 26.1 Å². The second-order valence-corrected chi connectivity index (χ2v) is 7.20. The lowest BCUT2D eigenvalue weighted by Gasteiger charge is -2.49. The quantitative estimate of drug-likeness (QED) is 0.387. The Balaban J connectivity index is 1.67. The number of hydrogen-bond donors (Lipinski definition) is 3. The Labute approximate surface area is 141 Å². The minimum Gasteiger partial charge on any atom is -0.543 e. The first-order valence-electron chi connectivity index (χ1n) is 7.62. The molecule has 4 heterocycles. The Hall–Kier alpha value is -2.04. The highest BCUT2D eigenvalue weighted by molar-refractivity contribution is 8.00. The molecule has 0 spiro atoms. The van der Waals surface area contributed by atoms with E-state index >= 15 is 0 Å². The number of nitrogens with one attached hydrogen (secondary N) is 1. The Morgan fingerprint density at radius 2 is 2.38 bits per heavy atom. The topological polar surface area (TPSA) is 128 Å². The van der Waals surface area contributed by atoms with E-state index in [1.807, 2.05) is 21.6 Å². The highest BCUT2D eigenvalue weighted by Gasteiger charge is 2.50. The summed E-state index contributed by atoms with van der Waals surface area (Å²) < 4.78 is 3.68. The molecule has 1 saturated heterocycles. The van der Waals surface area contributed by atoms with Crippen molar-refractivity contribution in [1.29, 1.82) is 0 Å². The smallest absolute Gasteiger partial charge is 0.248 e. The fourth-order valence-corrected chi connectivity index (χ4v) is 4.61. The van der Waals surface area contributed by atoms with Crippen molar-refractivity contribution in [2.45, 2.75) is 30.6 Å². The number of anilines is 1. The third-order valence-corrected chi connectivity index (χ3v) is 5.89. The number of aliphatic hydroxyl groups excluding tert-OH is 1. The maximum Gasteiger partial charge on any atom is 0.248 e. The van der Waals surface area contributed by atoms with Gasteiger partial charge in [0.15, 0.2) is 18.6 Å². The van der Waals surface area contributed by atoms with E-state index in [9.17, 15) is 19.8 Å². The predicted octanol–water partition coefficient (Wildman–Crippen LogP) is -3.19. The minimum absolute atomic E-state index is 0.0715. The molecule has 1 unspecified atom stereocenters. The van der Waals surface area contributed by atoms with Crippen LogP contribution in [0, 0.1) is 0 Å². The van der Waals surface area contributed by atoms with Gasteiger partial charge in [-0.15, -0.1) is 21.1 Å². The van der Waals surface area contributed by atoms with E-state index in [-0.39, 0.29) is 17.0 Å². The van der Waals surface area contributed by atoms with Crippen molar-refractivity contribution >= 4 is 29.5 Å². The molecule has 0 radical (unpaired) electrons. The van der Waals surface area contributed by atoms with Crippen molar-refractivity contribution in [3.8, 4) is 0 Å². The number of carboxylic acid groups (broad SMARTS) is 1. The average molecular weight is 351 g/mol. The van der Waals surface area contributed by atoms with Crippen LogP contribution in [0.5, 0.6) is 0 Å². The molecule has 0 saturated carbocycles. The number of thioether (sulfide) groups is 1. The first kappa shape index (κ1) is 15.5. The molecule has 1 aromatic heterocycles. The van der Waals surface area contributed by atoms with Gasteiger partial charge >= 0.3 is 0 Å². The van der Waals surface area contributed by atoms with E-state index in [1.165, 1.54) is 16.7 Å². The molecule has 1 aromatic rings. The van der Waals surface area contributed by atoms with Crippen LogP contribution >= 0.6 is 11.8 Å². The number of carboxylic acids is 1. The molecule has 1 amide bonds. The fourth-order valence-electron chi connectivity index (χ4n) is 3.33. The largest absolute Gasteiger partial charge is 0.543 e. The number of nitrogens with two attached hydrogens (primary N) is 1. The van der Waals surface area contributed by atoms with Crippen molar-refractivity contribution in [2.75, 3.05) is 17.6 Å². The van der Waals surface area contributed by atoms with Crippen LogP contribution in [-0.2, 0) is 22.7 Å². The standard InChI is InChI=1S/C14H17N5O4S/c15-10-12(21)19-11(14(22)23)7(6-24-13(10)19)4-17-2-1-9-16-3-8(20)5-18(9)17/h1-2,8,10,13,20H,3-6,15H2,(H,22,23)/t8?,10-,13-/m1/s1. The summed E-state index contributed by atoms with van der Waals surface area (Å²) in [6.07, 6.45) is 1.31. The molecule has 0 aliphatic carbocycles. The summed E-state index contributed by atoms with van der Waals surface area (Å²) in [5, 5.41) is 24.2. The average Bonchev–Trinajstić information content (AvgIpc) is 2.95. The summed E-state index contributed by atoms with van der Waals surface area (Å²) in [4.78, 5) is 24.8. The normalized spacial score (nSPS) is 28.8. The van der Waals surface area contributed by atoms with Crippen molar-refractivity contribution in [1.82, 2.24) is 9.58 Å². The zero-order chi connectivity index (χ0) is 17.0. The molecule has 0 aromatic carbocycles. The van der Waals surface area contributed by atoms with Crippen LogP contribution in [0.2, 0.25) is 0 Å². The second kappa shape index (κ2) is 5.50. The number of carbonyl (C=O) groups excluding carboxylic acids is 2. The molecule has 24 heavy (non-hydrogen) atoms. The lowest BCUT2D eigenvalue weighted by Crippen LogP contribution is -2.69. The molecular formula is C14H17N5O4S. The monoisotopic (exact) mass is 351 g/mol. The third kappa shape index (κ3) is 2.21. The molecule has 0 bridgehead atoms. The predicted molar refractivity (Wildman–Crippen MR) is 82.2 cm³/mol. The SMILES string of the molecule is N[C@@H]1C(=O)N2C(C(=O)[O-])=C(C[n+]3ccc4n3CC(O)CN4)CS[C@H]12. The van der Waals surface area contributed by atoms with E-state index in [4.69, 9.17) is 5.73 Å². The molecule has 4 N–H and O–H groups in total. The van der Waals surface area contributed by atoms with Crippen LogP contribution in [0.25, 0.3) is 0 Å². The summed E-state index contributed by atoms with van der Waals surface area (Å²) >= 11 is 1.46. The molecule has 10 heteroatoms. The van der Waals surface area contributed by atoms with Gasteiger partial charge in [-0.1, -0.05) is 0 Å². The Morgan fingerprint density at radius 3 is 3.12 bits per heavy atom. The zero-order valence-corrected chi connectivity index (χ0v) is 13.5. The molecular weight excluding hydrogens is 334 g/mol. The summed E-state index contributed by atoms with van der Waals surface area (Å²) in [5.41, 5.74) is 6.26. The van der Waals surface area contributed by atoms with Gasteiger partial charge in [-0.2, -0.15) is 0 Å². The van der Waals surface area contributed by atoms with Gasteiger partial charge in [-0.3, -0.25) is 9.69 Å². The van der Waals surface area contributed by atoms with E-state index in [1.54, 1.807) is 0 Å². The summed E-state index contributed by atoms with van der Waals surface area (Å²) in [6, 6.07) is 1.22. The summed E-state index contributed by atoms with van der Waals surface area (Å²) in [5.74, 6) is -0.420. The van der Waals surface area contributed by atoms with Gasteiger partial charge in [-0.25, -0.2) is 0 Å². The molecule has 4 rings (SSSR count). The van der Waals surface area contributed by atoms with Crippen LogP contribution in [0.4, 0.5) is 5.82 Å². The number of nitrogens with zero attached hydrogens (tertiary/aromatic N) is 3. The van der Waals surface area contributed by atoms with Gasteiger partial charge in [0.25, 0.3) is 0 Å². The van der Waals surface area contributed by atoms with E-state index in [0.717, 1.165) is 5.82 Å². The number of β-amino-alcohol motifs (C(OH)–C–C–N with tert-alkyl or cyclic N) is 1. The molecule has 3 atom stereocenters. The molecule has 9 nitrogen and oxygen atoms in total. The van der Waals surface area contributed by atoms with E-state index < -0.39 is 18.1 Å². The van der Waals surface area contributed by atoms with Crippen LogP contribution < -0.4 is 20.8 Å². The number of aliphatic carboxylic acids is 1. The maximum atomic E-state index is 11.9. The molecule has 1 fully saturated rings. The van der Waals surface area contributed by atoms with Gasteiger partial charge in [0.05, 0.1) is 23.8 Å². The number of fused-ring (bicyclic) bond motifs is 2. The number of hydrogen-bond acceptors (Lipinski definition) is 7. The third-order valence-electron chi connectivity index (χ3n) is 4.53. The van der Waals surface area contributed by atoms with Crippen molar-refractivity contribution in [2.24, 2.45) is 5.73 Å². The second-order valence-electron chi connectivity index (χ2n) is 6.09. The number of aliphatic hydroxyl groups is 1. The Bertz CT molecular complexity index is 760. The number of aromatic nitrogens is 2. The lowest BCUT2D eigenvalue weighted by atomic mass is 10.0. The number of amides is 1. The Morgan fingerprint density at radius 1 is 1.58 bits per heavy atom. The fraction of sp³-hybridized carbons (Fsp3) is 0.500. The highest BCUT2D eigenvalue weighted by atomic mass is 32.2. The maximum absolute atomic E-state index is 11.9. The van der Waals surface area contributed by atoms with E-state index in [0.29, 0.717) is 31.0 Å². The lowest BCUT2D eigenvalue weighted by molar-refractivity contribution is -0.768. The highest BCUT2D eigenvalue weighted by Crippen LogP contribution is 2.39. The van der Waals surface area contributed by atoms with Gasteiger partial charge in [0.2, 0.25) is 5.91 Å². The summed E-state index contributed by atoms with van der Waals surface area (Å²) in [6.45, 7) is 1.21. The summed E-state index contributed by atoms with van der Waals surface area (Å²) in [7, 11) is 0. The van der Waals surface area contributed by atoms with Crippen LogP contribution in [0.15, 0.2) is 23.5 Å². The van der Waals surface area contributed by atoms with Crippen LogP contribution in [0.1, 0.15) is 0 Å². The zero-order valence-electron chi connectivity index (χ0n) is 12.7. The first-order chi connectivity index (χ1) is 11.5. The van der Waals surface area contributed by atoms with E-state index in [2.05, 4.69) is 5.32 Å². The first-order valence-corrected chi connectivity index (χ1v) is 8.67. The molecule has 3 aliphatic heterocycles. The van der Waals surface area contributed by atoms with Gasteiger partial charge in [0.1, 0.15) is 18.0 Å². The van der Waals surface area contributed by atoms with Crippen LogP contribution in [0.3, 0.4) is 0 Å². The number of β-lactam (4-membered cyclic amide) rings is 1. The Kier molecular flexibility index (Phi) is 3.55.